The van der Waals surface area contributed by atoms with E-state index in [1.807, 2.05) is 10.6 Å². The van der Waals surface area contributed by atoms with Gasteiger partial charge in [-0.05, 0) is 6.08 Å². The van der Waals surface area contributed by atoms with Gasteiger partial charge in [0.05, 0.1) is 12.5 Å². The lowest BCUT2D eigenvalue weighted by Crippen LogP contribution is -2.09. The first-order chi connectivity index (χ1) is 4.88. The molecular formula is C7H6N2O. The highest BCUT2D eigenvalue weighted by Gasteiger charge is 2.10. The summed E-state index contributed by atoms with van der Waals surface area (Å²) in [5.41, 5.74) is 0.683. The molecule has 3 nitrogen and oxygen atoms in total. The van der Waals surface area contributed by atoms with Gasteiger partial charge >= 0.3 is 0 Å². The van der Waals surface area contributed by atoms with Crippen molar-refractivity contribution in [2.75, 3.05) is 0 Å². The minimum Gasteiger partial charge on any atom is -0.324 e. The summed E-state index contributed by atoms with van der Waals surface area (Å²) >= 11 is 0. The van der Waals surface area contributed by atoms with Gasteiger partial charge < -0.3 is 4.57 Å². The van der Waals surface area contributed by atoms with Crippen LogP contribution in [0.5, 0.6) is 0 Å². The fraction of sp³-hybridized carbons (Fsp3) is 0.143. The lowest BCUT2D eigenvalue weighted by molar-refractivity contribution is 0.103. The predicted octanol–water partition coefficient (Wildman–Crippen LogP) is 0.636. The molecule has 0 bridgehead atoms. The van der Waals surface area contributed by atoms with Crippen molar-refractivity contribution in [1.82, 2.24) is 9.55 Å². The van der Waals surface area contributed by atoms with Gasteiger partial charge in [-0.2, -0.15) is 0 Å². The number of fused-ring (bicyclic) bond motifs is 1. The first-order valence-corrected chi connectivity index (χ1v) is 3.09. The molecule has 0 fully saturated rings. The molecule has 0 amide bonds. The second-order valence-electron chi connectivity index (χ2n) is 2.20. The minimum absolute atomic E-state index is 0.0451. The number of carbonyl (C=O) groups excluding carboxylic acids is 1. The van der Waals surface area contributed by atoms with Gasteiger partial charge in [-0.15, -0.1) is 0 Å². The molecule has 0 spiro atoms. The number of hydrogen-bond donors (Lipinski definition) is 0. The van der Waals surface area contributed by atoms with Gasteiger partial charge in [-0.25, -0.2) is 4.98 Å². The van der Waals surface area contributed by atoms with Crippen LogP contribution >= 0.6 is 0 Å². The summed E-state index contributed by atoms with van der Waals surface area (Å²) in [7, 11) is 0. The van der Waals surface area contributed by atoms with E-state index < -0.39 is 0 Å². The Labute approximate surface area is 58.0 Å². The summed E-state index contributed by atoms with van der Waals surface area (Å²) < 4.78 is 1.82. The van der Waals surface area contributed by atoms with Crippen LogP contribution in [0, 0.1) is 0 Å². The monoisotopic (exact) mass is 134 g/mol. The molecule has 0 N–H and O–H groups in total. The summed E-state index contributed by atoms with van der Waals surface area (Å²) in [6.07, 6.45) is 6.66. The zero-order valence-electron chi connectivity index (χ0n) is 5.32. The Morgan fingerprint density at radius 1 is 1.60 bits per heavy atom. The van der Waals surface area contributed by atoms with Gasteiger partial charge in [-0.1, -0.05) is 6.08 Å². The van der Waals surface area contributed by atoms with Crippen molar-refractivity contribution < 1.29 is 4.79 Å². The Kier molecular flexibility index (Phi) is 0.974. The van der Waals surface area contributed by atoms with Crippen molar-refractivity contribution in [3.05, 3.63) is 30.4 Å². The molecule has 0 saturated heterocycles. The van der Waals surface area contributed by atoms with Crippen LogP contribution in [0.1, 0.15) is 10.5 Å². The van der Waals surface area contributed by atoms with Crippen LogP contribution in [0.4, 0.5) is 0 Å². The van der Waals surface area contributed by atoms with E-state index >= 15 is 0 Å². The smallest absolute Gasteiger partial charge is 0.203 e. The Bertz CT molecular complexity index is 298. The van der Waals surface area contributed by atoms with E-state index in [0.717, 1.165) is 6.54 Å². The van der Waals surface area contributed by atoms with E-state index in [-0.39, 0.29) is 5.78 Å². The molecule has 50 valence electrons. The highest BCUT2D eigenvalue weighted by Crippen LogP contribution is 2.06. The molecule has 0 radical (unpaired) electrons. The summed E-state index contributed by atoms with van der Waals surface area (Å²) in [5, 5.41) is 0. The van der Waals surface area contributed by atoms with Crippen LogP contribution in [0.25, 0.3) is 0 Å². The third kappa shape index (κ3) is 0.603. The SMILES string of the molecule is O=C1C=CCn2cncc21. The summed E-state index contributed by atoms with van der Waals surface area (Å²) in [6.45, 7) is 0.765. The number of rotatable bonds is 0. The highest BCUT2D eigenvalue weighted by molar-refractivity contribution is 6.03. The van der Waals surface area contributed by atoms with Gasteiger partial charge in [0, 0.05) is 6.54 Å². The Hall–Kier alpha value is -1.38. The summed E-state index contributed by atoms with van der Waals surface area (Å²) in [4.78, 5) is 14.9. The van der Waals surface area contributed by atoms with Gasteiger partial charge in [0.2, 0.25) is 5.78 Å². The maximum atomic E-state index is 11.0. The number of allylic oxidation sites excluding steroid dienone is 2. The molecule has 0 aliphatic carbocycles. The van der Waals surface area contributed by atoms with Gasteiger partial charge in [0.25, 0.3) is 0 Å². The zero-order chi connectivity index (χ0) is 6.97. The van der Waals surface area contributed by atoms with Crippen LogP contribution in [-0.4, -0.2) is 15.3 Å². The second kappa shape index (κ2) is 1.80. The molecule has 2 rings (SSSR count). The number of hydrogen-bond acceptors (Lipinski definition) is 2. The molecule has 0 saturated carbocycles. The molecule has 3 heteroatoms. The van der Waals surface area contributed by atoms with Crippen molar-refractivity contribution in [2.45, 2.75) is 6.54 Å². The standard InChI is InChI=1S/C7H6N2O/c10-7-2-1-3-9-5-8-4-6(7)9/h1-2,4-5H,3H2. The number of aromatic nitrogens is 2. The number of ketones is 1. The van der Waals surface area contributed by atoms with Crippen LogP contribution in [0.2, 0.25) is 0 Å². The number of carbonyl (C=O) groups is 1. The maximum Gasteiger partial charge on any atom is 0.203 e. The quantitative estimate of drug-likeness (QED) is 0.521. The molecule has 0 aromatic carbocycles. The molecular weight excluding hydrogens is 128 g/mol. The number of imidazole rings is 1. The van der Waals surface area contributed by atoms with Gasteiger partial charge in [0.1, 0.15) is 5.69 Å². The molecule has 0 atom stereocenters. The first-order valence-electron chi connectivity index (χ1n) is 3.09. The fourth-order valence-electron chi connectivity index (χ4n) is 1.03. The highest BCUT2D eigenvalue weighted by atomic mass is 16.1. The Morgan fingerprint density at radius 3 is 3.30 bits per heavy atom. The van der Waals surface area contributed by atoms with Gasteiger partial charge in [-0.3, -0.25) is 4.79 Å². The normalized spacial score (nSPS) is 15.4. The van der Waals surface area contributed by atoms with E-state index in [9.17, 15) is 4.79 Å². The third-order valence-corrected chi connectivity index (χ3v) is 1.54. The van der Waals surface area contributed by atoms with Crippen molar-refractivity contribution in [3.63, 3.8) is 0 Å². The number of nitrogens with zero attached hydrogens (tertiary/aromatic N) is 2. The molecule has 1 aromatic heterocycles. The molecule has 0 unspecified atom stereocenters. The Morgan fingerprint density at radius 2 is 2.50 bits per heavy atom. The van der Waals surface area contributed by atoms with Crippen molar-refractivity contribution in [1.29, 1.82) is 0 Å². The zero-order valence-corrected chi connectivity index (χ0v) is 5.32. The molecule has 1 aliphatic rings. The van der Waals surface area contributed by atoms with E-state index in [4.69, 9.17) is 0 Å². The average molecular weight is 134 g/mol. The lowest BCUT2D eigenvalue weighted by atomic mass is 10.2. The summed E-state index contributed by atoms with van der Waals surface area (Å²) in [6, 6.07) is 0. The van der Waals surface area contributed by atoms with E-state index in [1.54, 1.807) is 18.6 Å². The van der Waals surface area contributed by atoms with Crippen LogP contribution in [-0.2, 0) is 6.54 Å². The maximum absolute atomic E-state index is 11.0. The van der Waals surface area contributed by atoms with E-state index in [0.29, 0.717) is 5.69 Å². The third-order valence-electron chi connectivity index (χ3n) is 1.54. The van der Waals surface area contributed by atoms with E-state index in [2.05, 4.69) is 4.98 Å². The largest absolute Gasteiger partial charge is 0.324 e. The van der Waals surface area contributed by atoms with Crippen LogP contribution in [0.15, 0.2) is 24.7 Å². The van der Waals surface area contributed by atoms with Crippen molar-refractivity contribution in [2.24, 2.45) is 0 Å². The lowest BCUT2D eigenvalue weighted by Gasteiger charge is -2.05. The van der Waals surface area contributed by atoms with Crippen molar-refractivity contribution in [3.8, 4) is 0 Å². The average Bonchev–Trinajstić information content (AvgIpc) is 2.36. The predicted molar refractivity (Wildman–Crippen MR) is 35.7 cm³/mol. The second-order valence-corrected chi connectivity index (χ2v) is 2.20. The Balaban J connectivity index is 2.58. The van der Waals surface area contributed by atoms with E-state index in [1.165, 1.54) is 0 Å². The molecule has 1 aromatic rings. The minimum atomic E-state index is 0.0451. The summed E-state index contributed by atoms with van der Waals surface area (Å²) in [5.74, 6) is 0.0451. The first kappa shape index (κ1) is 5.41. The van der Waals surface area contributed by atoms with Crippen molar-refractivity contribution >= 4 is 5.78 Å². The van der Waals surface area contributed by atoms with Crippen LogP contribution < -0.4 is 0 Å². The topological polar surface area (TPSA) is 34.9 Å². The molecule has 10 heavy (non-hydrogen) atoms. The molecule has 1 aliphatic heterocycles. The van der Waals surface area contributed by atoms with Crippen LogP contribution in [0.3, 0.4) is 0 Å². The van der Waals surface area contributed by atoms with Gasteiger partial charge in [0.15, 0.2) is 0 Å². The fourth-order valence-corrected chi connectivity index (χ4v) is 1.03. The molecule has 2 heterocycles.